The van der Waals surface area contributed by atoms with Gasteiger partial charge in [0.05, 0.1) is 12.5 Å². The van der Waals surface area contributed by atoms with Crippen LogP contribution in [0.15, 0.2) is 24.3 Å². The molecule has 0 saturated heterocycles. The summed E-state index contributed by atoms with van der Waals surface area (Å²) in [4.78, 5) is 24.2. The zero-order valence-corrected chi connectivity index (χ0v) is 15.0. The zero-order valence-electron chi connectivity index (χ0n) is 14.2. The maximum absolute atomic E-state index is 12.1. The van der Waals surface area contributed by atoms with Crippen molar-refractivity contribution in [3.05, 3.63) is 29.8 Å². The molecule has 0 spiro atoms. The van der Waals surface area contributed by atoms with Gasteiger partial charge in [-0.1, -0.05) is 26.0 Å². The van der Waals surface area contributed by atoms with Crippen molar-refractivity contribution in [3.8, 4) is 0 Å². The summed E-state index contributed by atoms with van der Waals surface area (Å²) in [5.74, 6) is -0.299. The van der Waals surface area contributed by atoms with Gasteiger partial charge >= 0.3 is 5.97 Å². The monoisotopic (exact) mass is 342 g/mol. The highest BCUT2D eigenvalue weighted by molar-refractivity contribution is 5.86. The summed E-state index contributed by atoms with van der Waals surface area (Å²) in [6, 6.07) is 6.50. The molecule has 1 amide bonds. The van der Waals surface area contributed by atoms with E-state index >= 15 is 0 Å². The predicted octanol–water partition coefficient (Wildman–Crippen LogP) is 2.72. The molecule has 5 nitrogen and oxygen atoms in total. The van der Waals surface area contributed by atoms with Gasteiger partial charge in [0.15, 0.2) is 0 Å². The average Bonchev–Trinajstić information content (AvgIpc) is 2.39. The molecule has 0 aliphatic carbocycles. The Bertz CT molecular complexity index is 501. The van der Waals surface area contributed by atoms with E-state index in [0.717, 1.165) is 5.56 Å². The smallest absolute Gasteiger partial charge is 0.328 e. The molecule has 0 aliphatic rings. The van der Waals surface area contributed by atoms with E-state index in [1.165, 1.54) is 0 Å². The highest BCUT2D eigenvalue weighted by Gasteiger charge is 2.24. The predicted molar refractivity (Wildman–Crippen MR) is 94.4 cm³/mol. The van der Waals surface area contributed by atoms with Crippen LogP contribution >= 0.6 is 12.4 Å². The number of esters is 1. The van der Waals surface area contributed by atoms with E-state index in [9.17, 15) is 9.59 Å². The van der Waals surface area contributed by atoms with E-state index in [2.05, 4.69) is 5.32 Å². The van der Waals surface area contributed by atoms with Crippen molar-refractivity contribution in [2.75, 3.05) is 5.73 Å². The number of ether oxygens (including phenoxy) is 1. The van der Waals surface area contributed by atoms with Gasteiger partial charge in [-0.15, -0.1) is 12.4 Å². The quantitative estimate of drug-likeness (QED) is 0.589. The lowest BCUT2D eigenvalue weighted by Crippen LogP contribution is -2.44. The first-order chi connectivity index (χ1) is 10.3. The molecule has 0 heterocycles. The maximum Gasteiger partial charge on any atom is 0.328 e. The molecular weight excluding hydrogens is 316 g/mol. The third kappa shape index (κ3) is 8.45. The summed E-state index contributed by atoms with van der Waals surface area (Å²) < 4.78 is 5.21. The molecule has 1 rings (SSSR count). The lowest BCUT2D eigenvalue weighted by Gasteiger charge is -2.20. The van der Waals surface area contributed by atoms with Crippen LogP contribution in [0.25, 0.3) is 0 Å². The lowest BCUT2D eigenvalue weighted by atomic mass is 10.0. The summed E-state index contributed by atoms with van der Waals surface area (Å²) in [5, 5.41) is 2.77. The first kappa shape index (κ1) is 21.2. The molecule has 0 radical (unpaired) electrons. The van der Waals surface area contributed by atoms with Crippen LogP contribution in [0.2, 0.25) is 0 Å². The summed E-state index contributed by atoms with van der Waals surface area (Å²) in [7, 11) is 0. The van der Waals surface area contributed by atoms with E-state index in [1.54, 1.807) is 38.1 Å². The molecule has 6 heteroatoms. The van der Waals surface area contributed by atoms with E-state index in [-0.39, 0.29) is 42.7 Å². The normalized spacial score (nSPS) is 11.7. The van der Waals surface area contributed by atoms with Gasteiger partial charge in [-0.05, 0) is 43.9 Å². The largest absolute Gasteiger partial charge is 0.461 e. The highest BCUT2D eigenvalue weighted by Crippen LogP contribution is 2.10. The Balaban J connectivity index is 0.00000484. The van der Waals surface area contributed by atoms with E-state index < -0.39 is 6.04 Å². The number of nitrogen functional groups attached to an aromatic ring is 1. The minimum absolute atomic E-state index is 0. The Morgan fingerprint density at radius 2 is 1.70 bits per heavy atom. The first-order valence-electron chi connectivity index (χ1n) is 7.62. The molecule has 0 bridgehead atoms. The maximum atomic E-state index is 12.1. The number of amides is 1. The number of carbonyl (C=O) groups excluding carboxylic acids is 2. The van der Waals surface area contributed by atoms with Crippen molar-refractivity contribution in [2.24, 2.45) is 5.92 Å². The summed E-state index contributed by atoms with van der Waals surface area (Å²) in [5.41, 5.74) is 7.13. The molecule has 0 saturated carbocycles. The number of carbonyl (C=O) groups is 2. The van der Waals surface area contributed by atoms with Crippen molar-refractivity contribution >= 4 is 30.0 Å². The van der Waals surface area contributed by atoms with Crippen molar-refractivity contribution in [1.82, 2.24) is 5.32 Å². The topological polar surface area (TPSA) is 81.4 Å². The number of hydrogen-bond donors (Lipinski definition) is 2. The van der Waals surface area contributed by atoms with Gasteiger partial charge in [0.2, 0.25) is 5.91 Å². The van der Waals surface area contributed by atoms with Crippen LogP contribution in [-0.2, 0) is 20.7 Å². The lowest BCUT2D eigenvalue weighted by molar-refractivity contribution is -0.151. The van der Waals surface area contributed by atoms with Crippen molar-refractivity contribution in [3.63, 3.8) is 0 Å². The molecule has 130 valence electrons. The minimum atomic E-state index is -0.608. The Morgan fingerprint density at radius 1 is 1.13 bits per heavy atom. The number of nitrogens with one attached hydrogen (secondary N) is 1. The number of anilines is 1. The van der Waals surface area contributed by atoms with Crippen molar-refractivity contribution in [1.29, 1.82) is 0 Å². The fourth-order valence-corrected chi connectivity index (χ4v) is 2.07. The number of hydrogen-bond acceptors (Lipinski definition) is 4. The van der Waals surface area contributed by atoms with Gasteiger partial charge in [0, 0.05) is 5.69 Å². The number of halogens is 1. The second kappa shape index (κ2) is 10.1. The van der Waals surface area contributed by atoms with Crippen LogP contribution in [0.3, 0.4) is 0 Å². The SMILES string of the molecule is CC(C)C[C@H](NC(=O)Cc1ccc(N)cc1)C(=O)OC(C)C.Cl. The third-order valence-electron chi connectivity index (χ3n) is 3.02. The summed E-state index contributed by atoms with van der Waals surface area (Å²) in [6.07, 6.45) is 0.569. The van der Waals surface area contributed by atoms with E-state index in [0.29, 0.717) is 12.1 Å². The second-order valence-electron chi connectivity index (χ2n) is 6.15. The molecule has 1 atom stereocenters. The van der Waals surface area contributed by atoms with E-state index in [4.69, 9.17) is 10.5 Å². The summed E-state index contributed by atoms with van der Waals surface area (Å²) >= 11 is 0. The van der Waals surface area contributed by atoms with Crippen LogP contribution in [0, 0.1) is 5.92 Å². The van der Waals surface area contributed by atoms with Crippen molar-refractivity contribution < 1.29 is 14.3 Å². The fourth-order valence-electron chi connectivity index (χ4n) is 2.07. The Labute approximate surface area is 144 Å². The van der Waals surface area contributed by atoms with Gasteiger partial charge in [-0.2, -0.15) is 0 Å². The van der Waals surface area contributed by atoms with E-state index in [1.807, 2.05) is 13.8 Å². The molecule has 1 aromatic carbocycles. The molecular formula is C17H27ClN2O3. The minimum Gasteiger partial charge on any atom is -0.461 e. The second-order valence-corrected chi connectivity index (χ2v) is 6.15. The molecule has 3 N–H and O–H groups in total. The Morgan fingerprint density at radius 3 is 2.17 bits per heavy atom. The molecule has 0 aliphatic heterocycles. The third-order valence-corrected chi connectivity index (χ3v) is 3.02. The Hall–Kier alpha value is -1.75. The van der Waals surface area contributed by atoms with Gasteiger partial charge in [-0.3, -0.25) is 4.79 Å². The highest BCUT2D eigenvalue weighted by atomic mass is 35.5. The molecule has 1 aromatic rings. The number of nitrogens with two attached hydrogens (primary N) is 1. The number of benzene rings is 1. The van der Waals surface area contributed by atoms with Crippen LogP contribution in [0.4, 0.5) is 5.69 Å². The van der Waals surface area contributed by atoms with Crippen molar-refractivity contribution in [2.45, 2.75) is 52.7 Å². The van der Waals surface area contributed by atoms with Gasteiger partial charge in [0.1, 0.15) is 6.04 Å². The zero-order chi connectivity index (χ0) is 16.7. The number of rotatable bonds is 7. The average molecular weight is 343 g/mol. The van der Waals surface area contributed by atoms with Gasteiger partial charge in [-0.25, -0.2) is 4.79 Å². The van der Waals surface area contributed by atoms with Crippen LogP contribution < -0.4 is 11.1 Å². The molecule has 0 aromatic heterocycles. The Kier molecular flexibility index (Phi) is 9.34. The molecule has 23 heavy (non-hydrogen) atoms. The van der Waals surface area contributed by atoms with Crippen LogP contribution in [-0.4, -0.2) is 24.0 Å². The van der Waals surface area contributed by atoms with Crippen LogP contribution in [0.1, 0.15) is 39.7 Å². The van der Waals surface area contributed by atoms with Crippen LogP contribution in [0.5, 0.6) is 0 Å². The standard InChI is InChI=1S/C17H26N2O3.ClH/c1-11(2)9-15(17(21)22-12(3)4)19-16(20)10-13-5-7-14(18)8-6-13;/h5-8,11-12,15H,9-10,18H2,1-4H3,(H,19,20);1H/t15-;/m0./s1. The van der Waals surface area contributed by atoms with Gasteiger partial charge in [0.25, 0.3) is 0 Å². The molecule has 0 unspecified atom stereocenters. The fraction of sp³-hybridized carbons (Fsp3) is 0.529. The molecule has 0 fully saturated rings. The summed E-state index contributed by atoms with van der Waals surface area (Å²) in [6.45, 7) is 7.59. The van der Waals surface area contributed by atoms with Gasteiger partial charge < -0.3 is 15.8 Å². The first-order valence-corrected chi connectivity index (χ1v) is 7.62.